The van der Waals surface area contributed by atoms with Crippen molar-refractivity contribution >= 4 is 11.2 Å². The highest BCUT2D eigenvalue weighted by Gasteiger charge is 2.20. The summed E-state index contributed by atoms with van der Waals surface area (Å²) in [6, 6.07) is 15.1. The van der Waals surface area contributed by atoms with Crippen LogP contribution in [0.4, 0.5) is 4.39 Å². The Balaban J connectivity index is 1.82. The number of ether oxygens (including phenoxy) is 1. The smallest absolute Gasteiger partial charge is 0.337 e. The first-order chi connectivity index (χ1) is 15.0. The van der Waals surface area contributed by atoms with E-state index in [1.165, 1.54) is 33.7 Å². The van der Waals surface area contributed by atoms with E-state index >= 15 is 0 Å². The summed E-state index contributed by atoms with van der Waals surface area (Å²) in [5.41, 5.74) is -0.166. The van der Waals surface area contributed by atoms with E-state index in [1.54, 1.807) is 10.6 Å². The molecule has 0 radical (unpaired) electrons. The summed E-state index contributed by atoms with van der Waals surface area (Å²) < 4.78 is 23.8. The predicted octanol–water partition coefficient (Wildman–Crippen LogP) is 3.22. The fraction of sp³-hybridized carbons (Fsp3) is 0.261. The van der Waals surface area contributed by atoms with Crippen LogP contribution in [0, 0.1) is 11.7 Å². The van der Waals surface area contributed by atoms with Crippen LogP contribution in [0.3, 0.4) is 0 Å². The lowest BCUT2D eigenvalue weighted by Gasteiger charge is -2.14. The molecule has 0 bridgehead atoms. The molecular formula is C23H23FN4O3. The number of benzene rings is 2. The first-order valence-electron chi connectivity index (χ1n) is 10.1. The Kier molecular flexibility index (Phi) is 5.70. The van der Waals surface area contributed by atoms with Crippen LogP contribution >= 0.6 is 0 Å². The minimum Gasteiger partial charge on any atom is -0.492 e. The molecule has 0 atom stereocenters. The molecule has 0 saturated heterocycles. The standard InChI is InChI=1S/C23H23FN4O3/c1-16(2)14-27-22(29)20-21(28(23(27)30)18-8-6-7-17(24)13-18)25-15-26(20)11-12-31-19-9-4-3-5-10-19/h3-10,13,15-16H,11-12,14H2,1-2H3. The summed E-state index contributed by atoms with van der Waals surface area (Å²) in [7, 11) is 0. The number of nitrogens with zero attached hydrogens (tertiary/aromatic N) is 4. The highest BCUT2D eigenvalue weighted by molar-refractivity contribution is 5.72. The van der Waals surface area contributed by atoms with Crippen molar-refractivity contribution in [1.29, 1.82) is 0 Å². The van der Waals surface area contributed by atoms with Crippen molar-refractivity contribution in [2.75, 3.05) is 6.61 Å². The summed E-state index contributed by atoms with van der Waals surface area (Å²) in [5.74, 6) is 0.317. The lowest BCUT2D eigenvalue weighted by Crippen LogP contribution is -2.41. The normalized spacial score (nSPS) is 11.4. The maximum atomic E-state index is 13.9. The van der Waals surface area contributed by atoms with Crippen molar-refractivity contribution in [2.24, 2.45) is 5.92 Å². The topological polar surface area (TPSA) is 71.0 Å². The molecule has 4 aromatic rings. The number of hydrogen-bond donors (Lipinski definition) is 0. The van der Waals surface area contributed by atoms with Crippen LogP contribution in [0.25, 0.3) is 16.9 Å². The third-order valence-corrected chi connectivity index (χ3v) is 4.86. The number of rotatable bonds is 7. The Morgan fingerprint density at radius 1 is 1.06 bits per heavy atom. The SMILES string of the molecule is CC(C)Cn1c(=O)c2c(ncn2CCOc2ccccc2)n(-c2cccc(F)c2)c1=O. The summed E-state index contributed by atoms with van der Waals surface area (Å²) in [5, 5.41) is 0. The number of aromatic nitrogens is 4. The monoisotopic (exact) mass is 422 g/mol. The van der Waals surface area contributed by atoms with Gasteiger partial charge in [0.2, 0.25) is 0 Å². The number of hydrogen-bond acceptors (Lipinski definition) is 4. The van der Waals surface area contributed by atoms with Gasteiger partial charge >= 0.3 is 5.69 Å². The molecule has 0 amide bonds. The minimum atomic E-state index is -0.539. The van der Waals surface area contributed by atoms with Gasteiger partial charge in [0.15, 0.2) is 11.2 Å². The molecule has 8 heteroatoms. The molecule has 0 saturated carbocycles. The van der Waals surface area contributed by atoms with Crippen molar-refractivity contribution < 1.29 is 9.13 Å². The maximum Gasteiger partial charge on any atom is 0.337 e. The average Bonchev–Trinajstić information content (AvgIpc) is 3.15. The van der Waals surface area contributed by atoms with Crippen molar-refractivity contribution in [3.63, 3.8) is 0 Å². The number of para-hydroxylation sites is 1. The van der Waals surface area contributed by atoms with E-state index in [1.807, 2.05) is 44.2 Å². The molecule has 0 spiro atoms. The van der Waals surface area contributed by atoms with Crippen LogP contribution < -0.4 is 16.0 Å². The molecule has 2 aromatic carbocycles. The summed E-state index contributed by atoms with van der Waals surface area (Å²) in [6.07, 6.45) is 1.51. The summed E-state index contributed by atoms with van der Waals surface area (Å²) in [6.45, 7) is 4.78. The van der Waals surface area contributed by atoms with Gasteiger partial charge < -0.3 is 9.30 Å². The highest BCUT2D eigenvalue weighted by atomic mass is 19.1. The van der Waals surface area contributed by atoms with Gasteiger partial charge in [0, 0.05) is 6.54 Å². The number of imidazole rings is 1. The lowest BCUT2D eigenvalue weighted by molar-refractivity contribution is 0.300. The molecule has 0 aliphatic rings. The third kappa shape index (κ3) is 4.14. The van der Waals surface area contributed by atoms with Crippen molar-refractivity contribution in [3.05, 3.63) is 87.6 Å². The third-order valence-electron chi connectivity index (χ3n) is 4.86. The Hall–Kier alpha value is -3.68. The van der Waals surface area contributed by atoms with Crippen LogP contribution in [-0.4, -0.2) is 25.3 Å². The van der Waals surface area contributed by atoms with Gasteiger partial charge in [0.25, 0.3) is 5.56 Å². The van der Waals surface area contributed by atoms with E-state index in [0.717, 1.165) is 5.75 Å². The van der Waals surface area contributed by atoms with Crippen LogP contribution in [0.15, 0.2) is 70.5 Å². The van der Waals surface area contributed by atoms with Gasteiger partial charge in [-0.2, -0.15) is 0 Å². The van der Waals surface area contributed by atoms with Gasteiger partial charge in [-0.1, -0.05) is 38.1 Å². The predicted molar refractivity (Wildman–Crippen MR) is 116 cm³/mol. The second kappa shape index (κ2) is 8.59. The van der Waals surface area contributed by atoms with E-state index in [-0.39, 0.29) is 23.6 Å². The summed E-state index contributed by atoms with van der Waals surface area (Å²) in [4.78, 5) is 30.7. The van der Waals surface area contributed by atoms with Gasteiger partial charge in [-0.05, 0) is 36.2 Å². The Morgan fingerprint density at radius 3 is 2.55 bits per heavy atom. The van der Waals surface area contributed by atoms with Crippen molar-refractivity contribution in [2.45, 2.75) is 26.9 Å². The quantitative estimate of drug-likeness (QED) is 0.459. The fourth-order valence-corrected chi connectivity index (χ4v) is 3.50. The molecule has 31 heavy (non-hydrogen) atoms. The Morgan fingerprint density at radius 2 is 1.84 bits per heavy atom. The van der Waals surface area contributed by atoms with Gasteiger partial charge in [0.1, 0.15) is 18.2 Å². The van der Waals surface area contributed by atoms with E-state index < -0.39 is 17.1 Å². The van der Waals surface area contributed by atoms with Gasteiger partial charge in [-0.15, -0.1) is 0 Å². The second-order valence-corrected chi connectivity index (χ2v) is 7.68. The molecule has 0 aliphatic heterocycles. The molecule has 160 valence electrons. The number of fused-ring (bicyclic) bond motifs is 1. The molecule has 2 aromatic heterocycles. The van der Waals surface area contributed by atoms with Crippen LogP contribution in [-0.2, 0) is 13.1 Å². The Labute approximate surface area is 178 Å². The zero-order valence-corrected chi connectivity index (χ0v) is 17.4. The first kappa shape index (κ1) is 20.6. The fourth-order valence-electron chi connectivity index (χ4n) is 3.50. The first-order valence-corrected chi connectivity index (χ1v) is 10.1. The van der Waals surface area contributed by atoms with E-state index in [2.05, 4.69) is 4.98 Å². The maximum absolute atomic E-state index is 13.9. The zero-order valence-electron chi connectivity index (χ0n) is 17.4. The van der Waals surface area contributed by atoms with Crippen molar-refractivity contribution in [1.82, 2.24) is 18.7 Å². The average molecular weight is 422 g/mol. The molecule has 7 nitrogen and oxygen atoms in total. The van der Waals surface area contributed by atoms with Crippen molar-refractivity contribution in [3.8, 4) is 11.4 Å². The molecule has 2 heterocycles. The second-order valence-electron chi connectivity index (χ2n) is 7.68. The molecule has 0 aliphatic carbocycles. The Bertz CT molecular complexity index is 1320. The van der Waals surface area contributed by atoms with Gasteiger partial charge in [0.05, 0.1) is 18.6 Å². The van der Waals surface area contributed by atoms with Gasteiger partial charge in [-0.25, -0.2) is 18.7 Å². The summed E-state index contributed by atoms with van der Waals surface area (Å²) >= 11 is 0. The molecule has 0 unspecified atom stereocenters. The van der Waals surface area contributed by atoms with Crippen LogP contribution in [0.5, 0.6) is 5.75 Å². The lowest BCUT2D eigenvalue weighted by atomic mass is 10.2. The molecular weight excluding hydrogens is 399 g/mol. The van der Waals surface area contributed by atoms with E-state index in [9.17, 15) is 14.0 Å². The van der Waals surface area contributed by atoms with E-state index in [4.69, 9.17) is 4.74 Å². The largest absolute Gasteiger partial charge is 0.492 e. The number of halogens is 1. The van der Waals surface area contributed by atoms with Crippen LogP contribution in [0.2, 0.25) is 0 Å². The van der Waals surface area contributed by atoms with Gasteiger partial charge in [-0.3, -0.25) is 9.36 Å². The molecule has 0 fully saturated rings. The van der Waals surface area contributed by atoms with Crippen LogP contribution in [0.1, 0.15) is 13.8 Å². The molecule has 4 rings (SSSR count). The zero-order chi connectivity index (χ0) is 22.0. The van der Waals surface area contributed by atoms with E-state index in [0.29, 0.717) is 18.8 Å². The highest BCUT2D eigenvalue weighted by Crippen LogP contribution is 2.15. The molecule has 0 N–H and O–H groups in total. The minimum absolute atomic E-state index is 0.0709.